The summed E-state index contributed by atoms with van der Waals surface area (Å²) >= 11 is 0. The lowest BCUT2D eigenvalue weighted by molar-refractivity contribution is -0.129. The van der Waals surface area contributed by atoms with Crippen LogP contribution in [0.15, 0.2) is 65.7 Å². The van der Waals surface area contributed by atoms with Gasteiger partial charge >= 0.3 is 0 Å². The predicted molar refractivity (Wildman–Crippen MR) is 124 cm³/mol. The Hall–Kier alpha value is -3.87. The Kier molecular flexibility index (Phi) is 5.04. The highest BCUT2D eigenvalue weighted by atomic mass is 19.1. The minimum Gasteiger partial charge on any atom is -0.497 e. The average Bonchev–Trinajstić information content (AvgIpc) is 3.09. The van der Waals surface area contributed by atoms with E-state index in [1.165, 1.54) is 18.1 Å². The largest absolute Gasteiger partial charge is 0.497 e. The molecule has 1 amide bonds. The van der Waals surface area contributed by atoms with Gasteiger partial charge < -0.3 is 15.2 Å². The molecule has 2 aliphatic rings. The van der Waals surface area contributed by atoms with Crippen LogP contribution in [-0.4, -0.2) is 37.5 Å². The number of rotatable bonds is 4. The molecular weight excluding hydrogens is 421 g/mol. The Morgan fingerprint density at radius 2 is 1.94 bits per heavy atom. The lowest BCUT2D eigenvalue weighted by Gasteiger charge is -2.29. The molecule has 5 rings (SSSR count). The maximum absolute atomic E-state index is 16.3. The molecule has 7 heteroatoms. The highest BCUT2D eigenvalue weighted by Gasteiger charge is 2.51. The molecule has 0 fully saturated rings. The monoisotopic (exact) mass is 445 g/mol. The number of carbonyl (C=O) groups excluding carboxylic acids is 1. The molecule has 2 N–H and O–H groups in total. The number of guanidine groups is 1. The van der Waals surface area contributed by atoms with Crippen molar-refractivity contribution in [1.82, 2.24) is 4.90 Å². The highest BCUT2D eigenvalue weighted by Crippen LogP contribution is 2.45. The molecule has 6 nitrogen and oxygen atoms in total. The summed E-state index contributed by atoms with van der Waals surface area (Å²) in [6, 6.07) is 17.8. The normalized spacial score (nSPS) is 19.7. The van der Waals surface area contributed by atoms with Crippen LogP contribution in [-0.2, 0) is 16.8 Å². The Labute approximate surface area is 191 Å². The van der Waals surface area contributed by atoms with Gasteiger partial charge in [-0.25, -0.2) is 9.38 Å². The fourth-order valence-corrected chi connectivity index (χ4v) is 4.55. The van der Waals surface area contributed by atoms with Crippen LogP contribution in [0.1, 0.15) is 23.1 Å². The number of fused-ring (bicyclic) bond motifs is 1. The first-order chi connectivity index (χ1) is 16.0. The Morgan fingerprint density at radius 3 is 2.64 bits per heavy atom. The molecule has 1 unspecified atom stereocenters. The average molecular weight is 445 g/mol. The maximum Gasteiger partial charge on any atom is 0.266 e. The zero-order chi connectivity index (χ0) is 23.2. The van der Waals surface area contributed by atoms with Crippen molar-refractivity contribution in [2.24, 2.45) is 10.7 Å². The van der Waals surface area contributed by atoms with Crippen molar-refractivity contribution >= 4 is 11.9 Å². The molecule has 33 heavy (non-hydrogen) atoms. The van der Waals surface area contributed by atoms with Gasteiger partial charge in [-0.1, -0.05) is 36.4 Å². The van der Waals surface area contributed by atoms with E-state index < -0.39 is 17.3 Å². The number of nitrogens with zero attached hydrogens (tertiary/aromatic N) is 2. The molecule has 0 saturated carbocycles. The van der Waals surface area contributed by atoms with Gasteiger partial charge in [0.1, 0.15) is 17.3 Å². The molecule has 2 heterocycles. The summed E-state index contributed by atoms with van der Waals surface area (Å²) in [5.41, 5.74) is 7.01. The molecule has 0 saturated heterocycles. The number of hydrogen-bond donors (Lipinski definition) is 1. The van der Waals surface area contributed by atoms with E-state index in [4.69, 9.17) is 15.2 Å². The molecule has 168 valence electrons. The van der Waals surface area contributed by atoms with E-state index in [9.17, 15) is 4.79 Å². The van der Waals surface area contributed by atoms with E-state index in [2.05, 4.69) is 4.99 Å². The fourth-order valence-electron chi connectivity index (χ4n) is 4.55. The van der Waals surface area contributed by atoms with E-state index in [0.717, 1.165) is 24.2 Å². The number of ether oxygens (including phenoxy) is 2. The Balaban J connectivity index is 1.80. The van der Waals surface area contributed by atoms with E-state index in [1.54, 1.807) is 19.2 Å². The van der Waals surface area contributed by atoms with Crippen molar-refractivity contribution in [3.63, 3.8) is 0 Å². The van der Waals surface area contributed by atoms with Gasteiger partial charge in [0.15, 0.2) is 11.5 Å². The molecule has 0 spiro atoms. The van der Waals surface area contributed by atoms with E-state index >= 15 is 4.39 Å². The third-order valence-electron chi connectivity index (χ3n) is 6.32. The second-order valence-electron chi connectivity index (χ2n) is 8.22. The van der Waals surface area contributed by atoms with Gasteiger partial charge in [0.05, 0.1) is 13.7 Å². The standard InChI is InChI=1S/C26H24FN3O3/c1-30-24(31)26(29-25(30)28,18-10-11-22-17(13-18)9-6-12-33-22)21-15-19(32-2)14-20(23(21)27)16-7-4-3-5-8-16/h3-5,7-8,10-11,13-15H,6,9,12H2,1-2H3,(H2,28,29). The van der Waals surface area contributed by atoms with Crippen molar-refractivity contribution in [2.45, 2.75) is 18.4 Å². The molecule has 3 aromatic carbocycles. The molecule has 0 bridgehead atoms. The van der Waals surface area contributed by atoms with Crippen molar-refractivity contribution in [2.75, 3.05) is 20.8 Å². The van der Waals surface area contributed by atoms with Crippen molar-refractivity contribution in [3.05, 3.63) is 83.2 Å². The number of nitrogens with two attached hydrogens (primary N) is 1. The minimum absolute atomic E-state index is 0.0254. The fraction of sp³-hybridized carbons (Fsp3) is 0.231. The van der Waals surface area contributed by atoms with Crippen LogP contribution in [0.4, 0.5) is 4.39 Å². The van der Waals surface area contributed by atoms with Gasteiger partial charge in [0.25, 0.3) is 5.91 Å². The van der Waals surface area contributed by atoms with E-state index in [-0.39, 0.29) is 11.5 Å². The summed E-state index contributed by atoms with van der Waals surface area (Å²) < 4.78 is 27.5. The third kappa shape index (κ3) is 3.23. The predicted octanol–water partition coefficient (Wildman–Crippen LogP) is 3.86. The number of aryl methyl sites for hydroxylation is 1. The molecule has 0 radical (unpaired) electrons. The van der Waals surface area contributed by atoms with E-state index in [0.29, 0.717) is 29.0 Å². The number of aliphatic imine (C=N–C) groups is 1. The summed E-state index contributed by atoms with van der Waals surface area (Å²) in [6.07, 6.45) is 1.67. The first kappa shape index (κ1) is 21.0. The SMILES string of the molecule is COc1cc(-c2ccccc2)c(F)c(C2(c3ccc4c(c3)CCCO4)N=C(N)N(C)C2=O)c1. The summed E-state index contributed by atoms with van der Waals surface area (Å²) in [4.78, 5) is 19.5. The summed E-state index contributed by atoms with van der Waals surface area (Å²) in [5.74, 6) is 0.241. The van der Waals surface area contributed by atoms with Gasteiger partial charge in [-0.15, -0.1) is 0 Å². The van der Waals surface area contributed by atoms with Crippen LogP contribution < -0.4 is 15.2 Å². The third-order valence-corrected chi connectivity index (χ3v) is 6.32. The number of likely N-dealkylation sites (N-methyl/N-ethyl adjacent to an activating group) is 1. The molecular formula is C26H24FN3O3. The minimum atomic E-state index is -1.67. The number of methoxy groups -OCH3 is 1. The quantitative estimate of drug-likeness (QED) is 0.662. The van der Waals surface area contributed by atoms with Crippen molar-refractivity contribution in [1.29, 1.82) is 0 Å². The first-order valence-electron chi connectivity index (χ1n) is 10.8. The van der Waals surface area contributed by atoms with Gasteiger partial charge in [-0.05, 0) is 53.8 Å². The van der Waals surface area contributed by atoms with Crippen molar-refractivity contribution < 1.29 is 18.7 Å². The summed E-state index contributed by atoms with van der Waals surface area (Å²) in [5, 5.41) is 0. The van der Waals surface area contributed by atoms with Crippen LogP contribution in [0, 0.1) is 5.82 Å². The van der Waals surface area contributed by atoms with Crippen molar-refractivity contribution in [3.8, 4) is 22.6 Å². The lowest BCUT2D eigenvalue weighted by Crippen LogP contribution is -2.41. The van der Waals surface area contributed by atoms with Gasteiger partial charge in [0, 0.05) is 18.2 Å². The van der Waals surface area contributed by atoms with Gasteiger partial charge in [-0.2, -0.15) is 0 Å². The first-order valence-corrected chi connectivity index (χ1v) is 10.8. The summed E-state index contributed by atoms with van der Waals surface area (Å²) in [7, 11) is 3.05. The molecule has 1 atom stereocenters. The van der Waals surface area contributed by atoms with Crippen LogP contribution >= 0.6 is 0 Å². The maximum atomic E-state index is 16.3. The number of amides is 1. The second-order valence-corrected chi connectivity index (χ2v) is 8.22. The molecule has 0 aromatic heterocycles. The number of carbonyl (C=O) groups is 1. The molecule has 3 aromatic rings. The Bertz CT molecular complexity index is 1280. The van der Waals surface area contributed by atoms with Crippen LogP contribution in [0.25, 0.3) is 11.1 Å². The van der Waals surface area contributed by atoms with Crippen LogP contribution in [0.2, 0.25) is 0 Å². The second kappa shape index (κ2) is 7.92. The zero-order valence-electron chi connectivity index (χ0n) is 18.5. The topological polar surface area (TPSA) is 77.2 Å². The van der Waals surface area contributed by atoms with Crippen LogP contribution in [0.3, 0.4) is 0 Å². The molecule has 0 aliphatic carbocycles. The Morgan fingerprint density at radius 1 is 1.15 bits per heavy atom. The van der Waals surface area contributed by atoms with E-state index in [1.807, 2.05) is 42.5 Å². The molecule has 2 aliphatic heterocycles. The highest BCUT2D eigenvalue weighted by molar-refractivity contribution is 6.09. The number of halogens is 1. The zero-order valence-corrected chi connectivity index (χ0v) is 18.5. The number of hydrogen-bond acceptors (Lipinski definition) is 5. The van der Waals surface area contributed by atoms with Gasteiger partial charge in [-0.3, -0.25) is 9.69 Å². The number of benzene rings is 3. The van der Waals surface area contributed by atoms with Crippen LogP contribution in [0.5, 0.6) is 11.5 Å². The smallest absolute Gasteiger partial charge is 0.266 e. The van der Waals surface area contributed by atoms with Gasteiger partial charge in [0.2, 0.25) is 0 Å². The summed E-state index contributed by atoms with van der Waals surface area (Å²) in [6.45, 7) is 0.648. The lowest BCUT2D eigenvalue weighted by atomic mass is 9.80.